The Morgan fingerprint density at radius 1 is 1.15 bits per heavy atom. The van der Waals surface area contributed by atoms with Crippen molar-refractivity contribution in [2.75, 3.05) is 7.11 Å². The quantitative estimate of drug-likeness (QED) is 0.632. The minimum atomic E-state index is -0.150. The van der Waals surface area contributed by atoms with Crippen molar-refractivity contribution in [3.63, 3.8) is 0 Å². The van der Waals surface area contributed by atoms with Crippen molar-refractivity contribution in [1.82, 2.24) is 10.3 Å². The van der Waals surface area contributed by atoms with Gasteiger partial charge in [-0.2, -0.15) is 0 Å². The summed E-state index contributed by atoms with van der Waals surface area (Å²) in [5, 5.41) is 5.75. The third-order valence-electron chi connectivity index (χ3n) is 4.08. The van der Waals surface area contributed by atoms with Gasteiger partial charge in [-0.15, -0.1) is 11.3 Å². The summed E-state index contributed by atoms with van der Waals surface area (Å²) >= 11 is 1.55. The Morgan fingerprint density at radius 2 is 1.93 bits per heavy atom. The number of thiazole rings is 1. The van der Waals surface area contributed by atoms with Crippen molar-refractivity contribution < 1.29 is 14.3 Å². The number of methoxy groups -OCH3 is 1. The van der Waals surface area contributed by atoms with Gasteiger partial charge in [0, 0.05) is 22.1 Å². The van der Waals surface area contributed by atoms with E-state index in [4.69, 9.17) is 4.74 Å². The van der Waals surface area contributed by atoms with E-state index in [0.717, 1.165) is 16.3 Å². The molecule has 3 aromatic rings. The van der Waals surface area contributed by atoms with E-state index in [0.29, 0.717) is 23.4 Å². The molecule has 0 aliphatic carbocycles. The lowest BCUT2D eigenvalue weighted by Gasteiger charge is -2.10. The van der Waals surface area contributed by atoms with E-state index >= 15 is 0 Å². The van der Waals surface area contributed by atoms with Gasteiger partial charge in [0.05, 0.1) is 25.8 Å². The van der Waals surface area contributed by atoms with Crippen molar-refractivity contribution in [2.24, 2.45) is 0 Å². The molecule has 1 heterocycles. The molecule has 0 spiro atoms. The van der Waals surface area contributed by atoms with Crippen molar-refractivity contribution in [2.45, 2.75) is 19.9 Å². The monoisotopic (exact) mass is 380 g/mol. The number of benzene rings is 2. The zero-order valence-electron chi connectivity index (χ0n) is 15.2. The van der Waals surface area contributed by atoms with Crippen LogP contribution in [0.25, 0.3) is 10.6 Å². The first-order valence-electron chi connectivity index (χ1n) is 8.51. The molecule has 0 unspecified atom stereocenters. The van der Waals surface area contributed by atoms with Gasteiger partial charge in [-0.25, -0.2) is 4.98 Å². The van der Waals surface area contributed by atoms with Gasteiger partial charge in [0.15, 0.2) is 5.78 Å². The molecule has 0 aliphatic rings. The lowest BCUT2D eigenvalue weighted by molar-refractivity contribution is -0.120. The van der Waals surface area contributed by atoms with Crippen LogP contribution in [0.5, 0.6) is 5.75 Å². The Morgan fingerprint density at radius 3 is 2.63 bits per heavy atom. The van der Waals surface area contributed by atoms with E-state index in [-0.39, 0.29) is 18.1 Å². The molecule has 0 saturated heterocycles. The fraction of sp³-hybridized carbons (Fsp3) is 0.190. The van der Waals surface area contributed by atoms with Gasteiger partial charge in [0.2, 0.25) is 5.91 Å². The summed E-state index contributed by atoms with van der Waals surface area (Å²) in [6.45, 7) is 1.86. The van der Waals surface area contributed by atoms with Gasteiger partial charge < -0.3 is 10.1 Å². The highest BCUT2D eigenvalue weighted by atomic mass is 32.1. The number of nitrogens with zero attached hydrogens (tertiary/aromatic N) is 1. The van der Waals surface area contributed by atoms with E-state index in [2.05, 4.69) is 10.3 Å². The fourth-order valence-corrected chi connectivity index (χ4v) is 3.49. The van der Waals surface area contributed by atoms with Crippen LogP contribution in [0.15, 0.2) is 53.9 Å². The maximum absolute atomic E-state index is 12.3. The normalized spacial score (nSPS) is 10.4. The van der Waals surface area contributed by atoms with E-state index in [1.54, 1.807) is 36.6 Å². The molecule has 0 bridgehead atoms. The van der Waals surface area contributed by atoms with Crippen LogP contribution in [-0.4, -0.2) is 23.8 Å². The Bertz CT molecular complexity index is 951. The Balaban J connectivity index is 1.63. The van der Waals surface area contributed by atoms with E-state index in [1.165, 1.54) is 6.92 Å². The van der Waals surface area contributed by atoms with Crippen LogP contribution in [0.2, 0.25) is 0 Å². The maximum atomic E-state index is 12.3. The average Bonchev–Trinajstić information content (AvgIpc) is 3.16. The fourth-order valence-electron chi connectivity index (χ4n) is 2.66. The first-order chi connectivity index (χ1) is 13.1. The SMILES string of the molecule is COc1ccc(C(C)=O)cc1CC(=O)NCc1csc(-c2ccccc2)n1. The van der Waals surface area contributed by atoms with E-state index in [1.807, 2.05) is 35.7 Å². The topological polar surface area (TPSA) is 68.3 Å². The second kappa shape index (κ2) is 8.60. The number of aromatic nitrogens is 1. The summed E-state index contributed by atoms with van der Waals surface area (Å²) < 4.78 is 5.29. The van der Waals surface area contributed by atoms with Crippen LogP contribution >= 0.6 is 11.3 Å². The molecule has 0 fully saturated rings. The Labute approximate surface area is 162 Å². The molecule has 1 N–H and O–H groups in total. The van der Waals surface area contributed by atoms with Crippen LogP contribution in [-0.2, 0) is 17.8 Å². The van der Waals surface area contributed by atoms with Gasteiger partial charge in [-0.3, -0.25) is 9.59 Å². The molecule has 1 aromatic heterocycles. The molecule has 2 aromatic carbocycles. The third kappa shape index (κ3) is 4.80. The number of carbonyl (C=O) groups is 2. The third-order valence-corrected chi connectivity index (χ3v) is 5.02. The second-order valence-electron chi connectivity index (χ2n) is 6.05. The van der Waals surface area contributed by atoms with Crippen LogP contribution in [0.1, 0.15) is 28.5 Å². The maximum Gasteiger partial charge on any atom is 0.224 e. The molecule has 6 heteroatoms. The number of nitrogens with one attached hydrogen (secondary N) is 1. The number of Topliss-reactive ketones (excluding diaryl/α,β-unsaturated/α-hetero) is 1. The molecule has 27 heavy (non-hydrogen) atoms. The predicted molar refractivity (Wildman–Crippen MR) is 106 cm³/mol. The number of ketones is 1. The standard InChI is InChI=1S/C21H20N2O3S/c1-14(24)16-8-9-19(26-2)17(10-16)11-20(25)22-12-18-13-27-21(23-18)15-6-4-3-5-7-15/h3-10,13H,11-12H2,1-2H3,(H,22,25). The summed E-state index contributed by atoms with van der Waals surface area (Å²) in [4.78, 5) is 28.5. The first-order valence-corrected chi connectivity index (χ1v) is 9.39. The molecule has 1 amide bonds. The zero-order chi connectivity index (χ0) is 19.2. The number of amides is 1. The summed E-state index contributed by atoms with van der Waals surface area (Å²) in [7, 11) is 1.55. The Hall–Kier alpha value is -2.99. The van der Waals surface area contributed by atoms with Crippen LogP contribution < -0.4 is 10.1 Å². The van der Waals surface area contributed by atoms with Crippen molar-refractivity contribution >= 4 is 23.0 Å². The molecular formula is C21H20N2O3S. The summed E-state index contributed by atoms with van der Waals surface area (Å²) in [6, 6.07) is 15.0. The van der Waals surface area contributed by atoms with Gasteiger partial charge in [0.1, 0.15) is 10.8 Å². The number of ether oxygens (including phenoxy) is 1. The first kappa shape index (κ1) is 18.8. The van der Waals surface area contributed by atoms with Crippen molar-refractivity contribution in [3.8, 4) is 16.3 Å². The number of hydrogen-bond donors (Lipinski definition) is 1. The van der Waals surface area contributed by atoms with Gasteiger partial charge in [0.25, 0.3) is 0 Å². The Kier molecular flexibility index (Phi) is 5.98. The lowest BCUT2D eigenvalue weighted by atomic mass is 10.0. The highest BCUT2D eigenvalue weighted by molar-refractivity contribution is 7.13. The van der Waals surface area contributed by atoms with E-state index in [9.17, 15) is 9.59 Å². The highest BCUT2D eigenvalue weighted by Gasteiger charge is 2.12. The van der Waals surface area contributed by atoms with Crippen molar-refractivity contribution in [1.29, 1.82) is 0 Å². The van der Waals surface area contributed by atoms with Crippen molar-refractivity contribution in [3.05, 3.63) is 70.7 Å². The zero-order valence-corrected chi connectivity index (χ0v) is 16.0. The molecule has 5 nitrogen and oxygen atoms in total. The summed E-state index contributed by atoms with van der Waals surface area (Å²) in [5.74, 6) is 0.397. The molecule has 0 atom stereocenters. The number of hydrogen-bond acceptors (Lipinski definition) is 5. The second-order valence-corrected chi connectivity index (χ2v) is 6.90. The molecule has 0 saturated carbocycles. The van der Waals surface area contributed by atoms with Crippen LogP contribution in [0, 0.1) is 0 Å². The van der Waals surface area contributed by atoms with Crippen LogP contribution in [0.3, 0.4) is 0 Å². The van der Waals surface area contributed by atoms with Crippen LogP contribution in [0.4, 0.5) is 0 Å². The highest BCUT2D eigenvalue weighted by Crippen LogP contribution is 2.23. The summed E-state index contributed by atoms with van der Waals surface area (Å²) in [6.07, 6.45) is 0.139. The minimum Gasteiger partial charge on any atom is -0.496 e. The average molecular weight is 380 g/mol. The van der Waals surface area contributed by atoms with Gasteiger partial charge >= 0.3 is 0 Å². The largest absolute Gasteiger partial charge is 0.496 e. The number of rotatable bonds is 7. The molecule has 138 valence electrons. The summed E-state index contributed by atoms with van der Waals surface area (Å²) in [5.41, 5.74) is 3.12. The minimum absolute atomic E-state index is 0.0461. The predicted octanol–water partition coefficient (Wildman–Crippen LogP) is 3.88. The van der Waals surface area contributed by atoms with Gasteiger partial charge in [-0.1, -0.05) is 30.3 Å². The van der Waals surface area contributed by atoms with E-state index < -0.39 is 0 Å². The number of carbonyl (C=O) groups excluding carboxylic acids is 2. The molecular weight excluding hydrogens is 360 g/mol. The molecule has 3 rings (SSSR count). The lowest BCUT2D eigenvalue weighted by Crippen LogP contribution is -2.25. The molecule has 0 radical (unpaired) electrons. The molecule has 0 aliphatic heterocycles. The smallest absolute Gasteiger partial charge is 0.224 e. The van der Waals surface area contributed by atoms with Gasteiger partial charge in [-0.05, 0) is 25.1 Å².